The molecule has 8 nitrogen and oxygen atoms in total. The van der Waals surface area contributed by atoms with Crippen LogP contribution in [0.25, 0.3) is 11.1 Å². The number of carbonyl (C=O) groups excluding carboxylic acids is 2. The number of unbranched alkanes of at least 4 members (excludes halogenated alkanes) is 6. The summed E-state index contributed by atoms with van der Waals surface area (Å²) in [6.45, 7) is 3.71. The zero-order chi connectivity index (χ0) is 33.7. The van der Waals surface area contributed by atoms with Crippen LogP contribution in [0.3, 0.4) is 0 Å². The minimum Gasteiger partial charge on any atom is -0.494 e. The van der Waals surface area contributed by atoms with Crippen molar-refractivity contribution >= 4 is 11.9 Å². The van der Waals surface area contributed by atoms with E-state index < -0.39 is 11.9 Å². The van der Waals surface area contributed by atoms with E-state index >= 15 is 0 Å². The highest BCUT2D eigenvalue weighted by Gasteiger charge is 2.27. The van der Waals surface area contributed by atoms with Crippen LogP contribution in [-0.2, 0) is 0 Å². The highest BCUT2D eigenvalue weighted by atomic mass is 16.5. The summed E-state index contributed by atoms with van der Waals surface area (Å²) in [5.74, 6) is 1.43. The molecule has 0 saturated heterocycles. The molecule has 0 aliphatic heterocycles. The predicted octanol–water partition coefficient (Wildman–Crippen LogP) is 8.12. The molecule has 4 aromatic carbocycles. The summed E-state index contributed by atoms with van der Waals surface area (Å²) in [5, 5.41) is 17.7. The summed E-state index contributed by atoms with van der Waals surface area (Å²) < 4.78 is 23.0. The van der Waals surface area contributed by atoms with Gasteiger partial charge < -0.3 is 29.2 Å². The first kappa shape index (κ1) is 34.7. The lowest BCUT2D eigenvalue weighted by Gasteiger charge is -2.11. The minimum atomic E-state index is -0.447. The highest BCUT2D eigenvalue weighted by molar-refractivity contribution is 5.92. The van der Waals surface area contributed by atoms with E-state index in [1.54, 1.807) is 60.7 Å². The third kappa shape index (κ3) is 9.24. The fourth-order valence-electron chi connectivity index (χ4n) is 5.80. The number of rotatable bonds is 18. The van der Waals surface area contributed by atoms with Crippen molar-refractivity contribution in [3.8, 4) is 34.1 Å². The van der Waals surface area contributed by atoms with E-state index in [4.69, 9.17) is 29.2 Å². The first-order chi connectivity index (χ1) is 23.5. The van der Waals surface area contributed by atoms with Gasteiger partial charge in [0.1, 0.15) is 23.0 Å². The maximum absolute atomic E-state index is 12.9. The van der Waals surface area contributed by atoms with Crippen molar-refractivity contribution in [2.45, 2.75) is 64.2 Å². The molecule has 1 aliphatic carbocycles. The lowest BCUT2D eigenvalue weighted by Crippen LogP contribution is -2.09. The fraction of sp³-hybridized carbons (Fsp3) is 0.350. The van der Waals surface area contributed by atoms with E-state index in [2.05, 4.69) is 6.92 Å². The quantitative estimate of drug-likeness (QED) is 0.0630. The molecule has 252 valence electrons. The lowest BCUT2D eigenvalue weighted by molar-refractivity contribution is 0.0725. The summed E-state index contributed by atoms with van der Waals surface area (Å²) in [5.41, 5.74) is 5.03. The Hall–Kier alpha value is -4.66. The Bertz CT molecular complexity index is 1520. The van der Waals surface area contributed by atoms with Crippen LogP contribution in [0.1, 0.15) is 96.1 Å². The van der Waals surface area contributed by atoms with Gasteiger partial charge in [0, 0.05) is 19.1 Å². The molecule has 0 heterocycles. The van der Waals surface area contributed by atoms with Crippen molar-refractivity contribution < 1.29 is 38.7 Å². The molecule has 5 rings (SSSR count). The second kappa shape index (κ2) is 17.5. The molecule has 0 fully saturated rings. The van der Waals surface area contributed by atoms with Gasteiger partial charge in [-0.1, -0.05) is 31.9 Å². The van der Waals surface area contributed by atoms with Crippen LogP contribution in [-0.4, -0.2) is 48.6 Å². The summed E-state index contributed by atoms with van der Waals surface area (Å²) in [4.78, 5) is 25.8. The maximum Gasteiger partial charge on any atom is 0.343 e. The molecule has 2 N–H and O–H groups in total. The molecular weight excluding hydrogens is 608 g/mol. The van der Waals surface area contributed by atoms with Gasteiger partial charge in [-0.15, -0.1) is 0 Å². The molecule has 8 heteroatoms. The number of aliphatic hydroxyl groups is 2. The van der Waals surface area contributed by atoms with Crippen LogP contribution in [0.5, 0.6) is 23.0 Å². The monoisotopic (exact) mass is 652 g/mol. The van der Waals surface area contributed by atoms with Gasteiger partial charge >= 0.3 is 11.9 Å². The molecule has 0 saturated carbocycles. The third-order valence-corrected chi connectivity index (χ3v) is 8.51. The molecule has 4 aromatic rings. The summed E-state index contributed by atoms with van der Waals surface area (Å²) in [7, 11) is 0. The van der Waals surface area contributed by atoms with E-state index in [0.29, 0.717) is 47.3 Å². The van der Waals surface area contributed by atoms with Crippen LogP contribution in [0.2, 0.25) is 0 Å². The average molecular weight is 653 g/mol. The van der Waals surface area contributed by atoms with Crippen LogP contribution in [0.15, 0.2) is 84.9 Å². The standard InChI is InChI=1S/C40H44O8/c1-28-37-26-33(47-39(43)29-10-14-31(15-11-29)45-24-8-4-2-6-22-41)18-20-35(37)36-21-19-34(27-38(28)36)48-40(44)30-12-16-32(17-13-30)46-25-9-5-3-7-23-42/h10-21,26-28,41-42H,2-9,22-25H2,1H3. The second-order valence-electron chi connectivity index (χ2n) is 12.0. The normalized spacial score (nSPS) is 11.9. The van der Waals surface area contributed by atoms with Crippen LogP contribution < -0.4 is 18.9 Å². The molecule has 0 unspecified atom stereocenters. The van der Waals surface area contributed by atoms with Gasteiger partial charge in [-0.05, 0) is 134 Å². The van der Waals surface area contributed by atoms with Gasteiger partial charge in [0.05, 0.1) is 24.3 Å². The van der Waals surface area contributed by atoms with Crippen molar-refractivity contribution in [2.75, 3.05) is 26.4 Å². The molecule has 0 atom stereocenters. The fourth-order valence-corrected chi connectivity index (χ4v) is 5.80. The number of hydrogen-bond donors (Lipinski definition) is 2. The summed E-state index contributed by atoms with van der Waals surface area (Å²) in [6.07, 6.45) is 7.43. The first-order valence-electron chi connectivity index (χ1n) is 16.9. The first-order valence-corrected chi connectivity index (χ1v) is 16.9. The lowest BCUT2D eigenvalue weighted by atomic mass is 9.99. The van der Waals surface area contributed by atoms with Gasteiger partial charge in [0.2, 0.25) is 0 Å². The highest BCUT2D eigenvalue weighted by Crippen LogP contribution is 2.47. The Morgan fingerprint density at radius 2 is 0.896 bits per heavy atom. The number of aliphatic hydroxyl groups excluding tert-OH is 2. The minimum absolute atomic E-state index is 0.00690. The van der Waals surface area contributed by atoms with E-state index in [1.807, 2.05) is 24.3 Å². The summed E-state index contributed by atoms with van der Waals surface area (Å²) in [6, 6.07) is 25.2. The zero-order valence-electron chi connectivity index (χ0n) is 27.5. The van der Waals surface area contributed by atoms with Gasteiger partial charge in [-0.25, -0.2) is 9.59 Å². The van der Waals surface area contributed by atoms with Gasteiger partial charge in [-0.2, -0.15) is 0 Å². The van der Waals surface area contributed by atoms with Gasteiger partial charge in [0.15, 0.2) is 0 Å². The Morgan fingerprint density at radius 3 is 1.29 bits per heavy atom. The van der Waals surface area contributed by atoms with Crippen molar-refractivity contribution in [2.24, 2.45) is 0 Å². The maximum atomic E-state index is 12.9. The number of benzene rings is 4. The molecule has 0 aromatic heterocycles. The number of esters is 2. The molecule has 48 heavy (non-hydrogen) atoms. The Morgan fingerprint density at radius 1 is 0.521 bits per heavy atom. The Balaban J connectivity index is 1.14. The van der Waals surface area contributed by atoms with Crippen molar-refractivity contribution in [1.29, 1.82) is 0 Å². The second-order valence-corrected chi connectivity index (χ2v) is 12.0. The van der Waals surface area contributed by atoms with E-state index in [1.165, 1.54) is 0 Å². The van der Waals surface area contributed by atoms with Gasteiger partial charge in [0.25, 0.3) is 0 Å². The average Bonchev–Trinajstić information content (AvgIpc) is 3.38. The van der Waals surface area contributed by atoms with Crippen molar-refractivity contribution in [3.05, 3.63) is 107 Å². The molecule has 0 bridgehead atoms. The Kier molecular flexibility index (Phi) is 12.6. The number of fused-ring (bicyclic) bond motifs is 3. The summed E-state index contributed by atoms with van der Waals surface area (Å²) >= 11 is 0. The predicted molar refractivity (Wildman–Crippen MR) is 184 cm³/mol. The Labute approximate surface area is 282 Å². The molecule has 0 amide bonds. The smallest absolute Gasteiger partial charge is 0.343 e. The van der Waals surface area contributed by atoms with E-state index in [9.17, 15) is 9.59 Å². The van der Waals surface area contributed by atoms with Gasteiger partial charge in [-0.3, -0.25) is 0 Å². The SMILES string of the molecule is CC1c2cc(OC(=O)c3ccc(OCCCCCCO)cc3)ccc2-c2ccc(OC(=O)c3ccc(OCCCCCCO)cc3)cc21. The molecular formula is C40H44O8. The molecule has 1 aliphatic rings. The molecule has 0 radical (unpaired) electrons. The number of hydrogen-bond acceptors (Lipinski definition) is 8. The van der Waals surface area contributed by atoms with Crippen LogP contribution in [0, 0.1) is 0 Å². The van der Waals surface area contributed by atoms with Crippen LogP contribution >= 0.6 is 0 Å². The molecule has 0 spiro atoms. The number of ether oxygens (including phenoxy) is 4. The van der Waals surface area contributed by atoms with E-state index in [-0.39, 0.29) is 19.1 Å². The van der Waals surface area contributed by atoms with Crippen molar-refractivity contribution in [1.82, 2.24) is 0 Å². The van der Waals surface area contributed by atoms with Crippen LogP contribution in [0.4, 0.5) is 0 Å². The van der Waals surface area contributed by atoms with E-state index in [0.717, 1.165) is 73.6 Å². The zero-order valence-corrected chi connectivity index (χ0v) is 27.5. The topological polar surface area (TPSA) is 112 Å². The largest absolute Gasteiger partial charge is 0.494 e. The van der Waals surface area contributed by atoms with Crippen molar-refractivity contribution in [3.63, 3.8) is 0 Å². The third-order valence-electron chi connectivity index (χ3n) is 8.51. The number of carbonyl (C=O) groups is 2.